The number of sulfonamides is 1. The Kier molecular flexibility index (Phi) is 8.93. The molecular weight excluding hydrogens is 554 g/mol. The van der Waals surface area contributed by atoms with Crippen molar-refractivity contribution in [2.45, 2.75) is 51.4 Å². The van der Waals surface area contributed by atoms with Crippen LogP contribution in [-0.4, -0.2) is 54.7 Å². The van der Waals surface area contributed by atoms with E-state index >= 15 is 0 Å². The van der Waals surface area contributed by atoms with E-state index in [-0.39, 0.29) is 40.7 Å². The Bertz CT molecular complexity index is 1220. The number of nitrogens with one attached hydrogen (secondary N) is 2. The predicted octanol–water partition coefficient (Wildman–Crippen LogP) is 3.73. The number of anilines is 2. The number of aliphatic hydroxyl groups is 1. The molecule has 5 N–H and O–H groups in total. The first-order valence-corrected chi connectivity index (χ1v) is 13.0. The molecule has 0 fully saturated rings. The number of fused-ring (bicyclic) bond motifs is 1. The summed E-state index contributed by atoms with van der Waals surface area (Å²) < 4.78 is 30.8. The van der Waals surface area contributed by atoms with Crippen LogP contribution in [0.1, 0.15) is 51.3 Å². The normalized spacial score (nSPS) is 15.9. The number of carbonyl (C=O) groups is 1. The minimum atomic E-state index is -3.59. The zero-order valence-corrected chi connectivity index (χ0v) is 23.4. The topological polar surface area (TPSA) is 148 Å². The molecule has 1 aliphatic heterocycles. The number of hydrogen-bond donors (Lipinski definition) is 5. The van der Waals surface area contributed by atoms with Crippen molar-refractivity contribution < 1.29 is 33.3 Å². The molecule has 2 aromatic carbocycles. The lowest BCUT2D eigenvalue weighted by Gasteiger charge is -2.39. The number of amides is 1. The highest BCUT2D eigenvalue weighted by Crippen LogP contribution is 2.40. The summed E-state index contributed by atoms with van der Waals surface area (Å²) in [6, 6.07) is 9.04. The van der Waals surface area contributed by atoms with Gasteiger partial charge in [-0.05, 0) is 70.0 Å². The van der Waals surface area contributed by atoms with E-state index in [2.05, 4.69) is 10.0 Å². The number of β-amino-alcohol motifs (C(OH)–C–C–N with tert-alkyl or cyclic N) is 1. The second-order valence-corrected chi connectivity index (χ2v) is 11.7. The summed E-state index contributed by atoms with van der Waals surface area (Å²) in [6.07, 6.45) is 0.0461. The Morgan fingerprint density at radius 2 is 1.81 bits per heavy atom. The fourth-order valence-corrected chi connectivity index (χ4v) is 4.46. The first kappa shape index (κ1) is 29.7. The maximum atomic E-state index is 12.7. The number of aliphatic hydroxyl groups excluding tert-OH is 1. The van der Waals surface area contributed by atoms with E-state index in [1.165, 1.54) is 29.2 Å². The van der Waals surface area contributed by atoms with E-state index in [1.807, 2.05) is 13.8 Å². The van der Waals surface area contributed by atoms with Gasteiger partial charge in [0, 0.05) is 24.2 Å². The molecule has 0 saturated carbocycles. The van der Waals surface area contributed by atoms with Gasteiger partial charge in [0.25, 0.3) is 0 Å². The number of phenolic OH excluding ortho intramolecular Hbond substituents is 2. The minimum absolute atomic E-state index is 0. The second-order valence-electron chi connectivity index (χ2n) is 9.91. The van der Waals surface area contributed by atoms with E-state index in [4.69, 9.17) is 4.74 Å². The summed E-state index contributed by atoms with van der Waals surface area (Å²) in [5, 5.41) is 33.7. The zero-order chi connectivity index (χ0) is 26.2. The lowest BCUT2D eigenvalue weighted by atomic mass is 9.93. The molecule has 1 amide bonds. The van der Waals surface area contributed by atoms with Gasteiger partial charge in [0.1, 0.15) is 17.1 Å². The van der Waals surface area contributed by atoms with Gasteiger partial charge in [-0.1, -0.05) is 6.07 Å². The number of aromatic hydroxyl groups is 2. The molecule has 1 unspecified atom stereocenters. The fourth-order valence-electron chi connectivity index (χ4n) is 3.89. The molecule has 0 bridgehead atoms. The van der Waals surface area contributed by atoms with Crippen molar-refractivity contribution in [1.29, 1.82) is 0 Å². The number of ether oxygens (including phenoxy) is 1. The molecule has 10 nitrogen and oxygen atoms in total. The molecule has 3 rings (SSSR count). The van der Waals surface area contributed by atoms with Crippen molar-refractivity contribution >= 4 is 44.5 Å². The van der Waals surface area contributed by atoms with Crippen LogP contribution >= 0.6 is 17.0 Å². The van der Waals surface area contributed by atoms with E-state index in [0.717, 1.165) is 6.26 Å². The van der Waals surface area contributed by atoms with Crippen molar-refractivity contribution in [1.82, 2.24) is 5.32 Å². The highest BCUT2D eigenvalue weighted by molar-refractivity contribution is 8.93. The third kappa shape index (κ3) is 7.25. The molecule has 200 valence electrons. The van der Waals surface area contributed by atoms with Gasteiger partial charge in [-0.2, -0.15) is 0 Å². The molecule has 1 atom stereocenters. The Morgan fingerprint density at radius 3 is 2.44 bits per heavy atom. The summed E-state index contributed by atoms with van der Waals surface area (Å²) in [6.45, 7) is 7.90. The Balaban J connectivity index is 0.00000456. The first-order valence-electron chi connectivity index (χ1n) is 11.2. The van der Waals surface area contributed by atoms with Crippen LogP contribution in [0.2, 0.25) is 0 Å². The molecule has 1 aliphatic rings. The molecule has 36 heavy (non-hydrogen) atoms. The highest BCUT2D eigenvalue weighted by atomic mass is 79.9. The second kappa shape index (κ2) is 10.8. The lowest BCUT2D eigenvalue weighted by molar-refractivity contribution is 0.0345. The van der Waals surface area contributed by atoms with Crippen LogP contribution in [0.4, 0.5) is 16.2 Å². The van der Waals surface area contributed by atoms with Crippen molar-refractivity contribution in [2.75, 3.05) is 29.0 Å². The van der Waals surface area contributed by atoms with Crippen molar-refractivity contribution in [3.63, 3.8) is 0 Å². The average Bonchev–Trinajstić information content (AvgIpc) is 2.72. The number of halogens is 1. The number of cyclic esters (lactones) is 1. The smallest absolute Gasteiger partial charge is 0.415 e. The summed E-state index contributed by atoms with van der Waals surface area (Å²) in [5.74, 6) is -0.153. The standard InChI is InChI=1S/C24H33N3O7S.BrH/c1-23(2,25-14-21(30)15-6-9-20(29)18(12-15)26-35(5,32)33)10-11-27-19-8-7-16(28)13-17(19)24(3,4)34-22(27)31;/h6-9,12-13,21,25-26,28-30H,10-11,14H2,1-5H3;1H. The Labute approximate surface area is 222 Å². The Hall–Kier alpha value is -2.54. The molecule has 0 radical (unpaired) electrons. The highest BCUT2D eigenvalue weighted by Gasteiger charge is 2.39. The van der Waals surface area contributed by atoms with Crippen LogP contribution in [0, 0.1) is 0 Å². The van der Waals surface area contributed by atoms with E-state index in [9.17, 15) is 28.5 Å². The van der Waals surface area contributed by atoms with Crippen molar-refractivity contribution in [3.05, 3.63) is 47.5 Å². The van der Waals surface area contributed by atoms with Crippen molar-refractivity contribution in [3.8, 4) is 11.5 Å². The van der Waals surface area contributed by atoms with Gasteiger partial charge in [0.05, 0.1) is 23.7 Å². The molecule has 0 aromatic heterocycles. The maximum absolute atomic E-state index is 12.7. The number of phenols is 2. The summed E-state index contributed by atoms with van der Waals surface area (Å²) in [7, 11) is -3.59. The SMILES string of the molecule is Br.CC(C)(CCN1C(=O)OC(C)(C)c2cc(O)ccc21)NCC(O)c1ccc(O)c(NS(C)(=O)=O)c1. The molecule has 12 heteroatoms. The number of benzene rings is 2. The summed E-state index contributed by atoms with van der Waals surface area (Å²) in [4.78, 5) is 14.2. The van der Waals surface area contributed by atoms with Gasteiger partial charge in [0.15, 0.2) is 0 Å². The van der Waals surface area contributed by atoms with E-state index in [1.54, 1.807) is 26.0 Å². The number of hydrogen-bond acceptors (Lipinski definition) is 8. The minimum Gasteiger partial charge on any atom is -0.508 e. The largest absolute Gasteiger partial charge is 0.508 e. The van der Waals surface area contributed by atoms with Gasteiger partial charge in [-0.25, -0.2) is 13.2 Å². The van der Waals surface area contributed by atoms with Gasteiger partial charge in [-0.15, -0.1) is 17.0 Å². The third-order valence-electron chi connectivity index (χ3n) is 5.92. The van der Waals surface area contributed by atoms with E-state index in [0.29, 0.717) is 29.8 Å². The van der Waals surface area contributed by atoms with Gasteiger partial charge >= 0.3 is 6.09 Å². The molecular formula is C24H34BrN3O7S. The third-order valence-corrected chi connectivity index (χ3v) is 6.51. The average molecular weight is 589 g/mol. The molecule has 0 saturated heterocycles. The number of nitrogens with zero attached hydrogens (tertiary/aromatic N) is 1. The maximum Gasteiger partial charge on any atom is 0.415 e. The van der Waals surface area contributed by atoms with Crippen LogP contribution in [-0.2, 0) is 20.4 Å². The monoisotopic (exact) mass is 587 g/mol. The summed E-state index contributed by atoms with van der Waals surface area (Å²) >= 11 is 0. The van der Waals surface area contributed by atoms with Crippen LogP contribution in [0.5, 0.6) is 11.5 Å². The molecule has 0 spiro atoms. The van der Waals surface area contributed by atoms with Crippen LogP contribution in [0.3, 0.4) is 0 Å². The van der Waals surface area contributed by atoms with E-state index < -0.39 is 33.4 Å². The van der Waals surface area contributed by atoms with Gasteiger partial charge in [0.2, 0.25) is 10.0 Å². The Morgan fingerprint density at radius 1 is 1.14 bits per heavy atom. The van der Waals surface area contributed by atoms with Crippen LogP contribution < -0.4 is 14.9 Å². The van der Waals surface area contributed by atoms with Crippen LogP contribution in [0.15, 0.2) is 36.4 Å². The van der Waals surface area contributed by atoms with Crippen molar-refractivity contribution in [2.24, 2.45) is 0 Å². The van der Waals surface area contributed by atoms with Crippen LogP contribution in [0.25, 0.3) is 0 Å². The quantitative estimate of drug-likeness (QED) is 0.279. The fraction of sp³-hybridized carbons (Fsp3) is 0.458. The van der Waals surface area contributed by atoms with Gasteiger partial charge in [-0.3, -0.25) is 9.62 Å². The van der Waals surface area contributed by atoms with Gasteiger partial charge < -0.3 is 25.4 Å². The molecule has 0 aliphatic carbocycles. The zero-order valence-electron chi connectivity index (χ0n) is 20.9. The number of carbonyl (C=O) groups excluding carboxylic acids is 1. The first-order chi connectivity index (χ1) is 16.1. The number of rotatable bonds is 9. The molecule has 1 heterocycles. The lowest BCUT2D eigenvalue weighted by Crippen LogP contribution is -2.48. The summed E-state index contributed by atoms with van der Waals surface area (Å²) in [5.41, 5.74) is 0.441. The predicted molar refractivity (Wildman–Crippen MR) is 144 cm³/mol. The molecule has 2 aromatic rings.